The molecule has 5 heteroatoms. The lowest BCUT2D eigenvalue weighted by molar-refractivity contribution is -0.155. The van der Waals surface area contributed by atoms with Crippen LogP contribution in [-0.2, 0) is 27.2 Å². The van der Waals surface area contributed by atoms with Crippen molar-refractivity contribution in [2.24, 2.45) is 0 Å². The second-order valence-corrected chi connectivity index (χ2v) is 7.19. The zero-order chi connectivity index (χ0) is 19.5. The summed E-state index contributed by atoms with van der Waals surface area (Å²) in [6.07, 6.45) is 3.57. The second kappa shape index (κ2) is 7.89. The molecule has 0 bridgehead atoms. The number of nitrogens with one attached hydrogen (secondary N) is 1. The van der Waals surface area contributed by atoms with Crippen LogP contribution in [0.3, 0.4) is 0 Å². The predicted molar refractivity (Wildman–Crippen MR) is 106 cm³/mol. The van der Waals surface area contributed by atoms with Gasteiger partial charge in [-0.25, -0.2) is 0 Å². The van der Waals surface area contributed by atoms with Crippen LogP contribution in [0, 0.1) is 0 Å². The minimum Gasteiger partial charge on any atom is -0.464 e. The Labute approximate surface area is 163 Å². The van der Waals surface area contributed by atoms with E-state index in [1.165, 1.54) is 5.56 Å². The average Bonchev–Trinajstić information content (AvgIpc) is 3.45. The van der Waals surface area contributed by atoms with Gasteiger partial charge >= 0.3 is 5.97 Å². The van der Waals surface area contributed by atoms with Crippen molar-refractivity contribution in [3.63, 3.8) is 0 Å². The zero-order valence-corrected chi connectivity index (χ0v) is 15.8. The van der Waals surface area contributed by atoms with Gasteiger partial charge in [0.25, 0.3) is 5.91 Å². The van der Waals surface area contributed by atoms with Crippen LogP contribution in [-0.4, -0.2) is 17.9 Å². The molecule has 1 heterocycles. The van der Waals surface area contributed by atoms with Gasteiger partial charge in [-0.05, 0) is 30.9 Å². The maximum absolute atomic E-state index is 12.6. The Morgan fingerprint density at radius 3 is 2.68 bits per heavy atom. The molecule has 2 aromatic carbocycles. The summed E-state index contributed by atoms with van der Waals surface area (Å²) in [6, 6.07) is 15.3. The van der Waals surface area contributed by atoms with Gasteiger partial charge in [0.05, 0.1) is 12.7 Å². The topological polar surface area (TPSA) is 68.5 Å². The number of aryl methyl sites for hydroxylation is 1. The number of carbonyl (C=O) groups excluding carboxylic acids is 2. The fraction of sp³-hybridized carbons (Fsp3) is 0.304. The molecule has 1 aliphatic rings. The van der Waals surface area contributed by atoms with Crippen LogP contribution in [0.4, 0.5) is 0 Å². The molecule has 0 saturated heterocycles. The standard InChI is InChI=1S/C23H23NO4/c1-2-15-8-11-19-17(14-27-20(19)12-15)13-21(25)28-22(16-6-4-3-5-7-16)23(26)24-18-9-10-18/h3-8,11-12,14,18,22H,2,9-10,13H2,1H3,(H,24,26)/t22-/m1/s1. The lowest BCUT2D eigenvalue weighted by atomic mass is 10.1. The van der Waals surface area contributed by atoms with E-state index in [1.807, 2.05) is 36.4 Å². The molecular weight excluding hydrogens is 354 g/mol. The first kappa shape index (κ1) is 18.3. The first-order valence-electron chi connectivity index (χ1n) is 9.68. The van der Waals surface area contributed by atoms with Crippen molar-refractivity contribution in [2.75, 3.05) is 0 Å². The van der Waals surface area contributed by atoms with Gasteiger partial charge in [0.1, 0.15) is 5.58 Å². The second-order valence-electron chi connectivity index (χ2n) is 7.19. The van der Waals surface area contributed by atoms with Crippen molar-refractivity contribution in [3.8, 4) is 0 Å². The fourth-order valence-electron chi connectivity index (χ4n) is 3.22. The van der Waals surface area contributed by atoms with Crippen LogP contribution < -0.4 is 5.32 Å². The van der Waals surface area contributed by atoms with Crippen LogP contribution in [0.2, 0.25) is 0 Å². The number of rotatable bonds is 7. The summed E-state index contributed by atoms with van der Waals surface area (Å²) >= 11 is 0. The van der Waals surface area contributed by atoms with Gasteiger partial charge in [0.2, 0.25) is 6.10 Å². The zero-order valence-electron chi connectivity index (χ0n) is 15.8. The van der Waals surface area contributed by atoms with E-state index in [4.69, 9.17) is 9.15 Å². The number of ether oxygens (including phenoxy) is 1. The van der Waals surface area contributed by atoms with Gasteiger partial charge < -0.3 is 14.5 Å². The maximum atomic E-state index is 12.6. The van der Waals surface area contributed by atoms with Gasteiger partial charge in [-0.3, -0.25) is 9.59 Å². The van der Waals surface area contributed by atoms with Crippen molar-refractivity contribution in [3.05, 3.63) is 71.5 Å². The molecule has 3 aromatic rings. The Bertz CT molecular complexity index is 988. The molecular formula is C23H23NO4. The van der Waals surface area contributed by atoms with E-state index in [0.717, 1.165) is 35.8 Å². The third-order valence-corrected chi connectivity index (χ3v) is 4.98. The molecule has 1 aromatic heterocycles. The van der Waals surface area contributed by atoms with E-state index in [-0.39, 0.29) is 18.4 Å². The number of carbonyl (C=O) groups is 2. The summed E-state index contributed by atoms with van der Waals surface area (Å²) in [5.41, 5.74) is 3.36. The molecule has 144 valence electrons. The van der Waals surface area contributed by atoms with Crippen LogP contribution in [0.15, 0.2) is 59.2 Å². The molecule has 0 unspecified atom stereocenters. The fourth-order valence-corrected chi connectivity index (χ4v) is 3.22. The normalized spacial score (nSPS) is 14.6. The van der Waals surface area contributed by atoms with Crippen molar-refractivity contribution >= 4 is 22.8 Å². The quantitative estimate of drug-likeness (QED) is 0.630. The number of esters is 1. The van der Waals surface area contributed by atoms with Crippen molar-refractivity contribution in [1.29, 1.82) is 0 Å². The van der Waals surface area contributed by atoms with Gasteiger partial charge in [-0.2, -0.15) is 0 Å². The van der Waals surface area contributed by atoms with E-state index >= 15 is 0 Å². The summed E-state index contributed by atoms with van der Waals surface area (Å²) in [5.74, 6) is -0.728. The maximum Gasteiger partial charge on any atom is 0.311 e. The van der Waals surface area contributed by atoms with E-state index in [0.29, 0.717) is 5.56 Å². The Kier molecular flexibility index (Phi) is 5.15. The molecule has 1 amide bonds. The minimum atomic E-state index is -0.945. The molecule has 28 heavy (non-hydrogen) atoms. The van der Waals surface area contributed by atoms with E-state index in [2.05, 4.69) is 12.2 Å². The minimum absolute atomic E-state index is 0.0541. The Morgan fingerprint density at radius 1 is 1.18 bits per heavy atom. The largest absolute Gasteiger partial charge is 0.464 e. The highest BCUT2D eigenvalue weighted by Crippen LogP contribution is 2.26. The third-order valence-electron chi connectivity index (χ3n) is 4.98. The molecule has 1 fully saturated rings. The molecule has 0 spiro atoms. The Balaban J connectivity index is 1.50. The molecule has 1 saturated carbocycles. The highest BCUT2D eigenvalue weighted by molar-refractivity contribution is 5.88. The average molecular weight is 377 g/mol. The smallest absolute Gasteiger partial charge is 0.311 e. The van der Waals surface area contributed by atoms with Crippen molar-refractivity contribution in [1.82, 2.24) is 5.32 Å². The summed E-state index contributed by atoms with van der Waals surface area (Å²) in [7, 11) is 0. The lowest BCUT2D eigenvalue weighted by Crippen LogP contribution is -2.33. The Hall–Kier alpha value is -3.08. The number of benzene rings is 2. The van der Waals surface area contributed by atoms with Gasteiger partial charge in [-0.15, -0.1) is 0 Å². The van der Waals surface area contributed by atoms with Gasteiger partial charge in [0.15, 0.2) is 0 Å². The number of hydrogen-bond acceptors (Lipinski definition) is 4. The number of furan rings is 1. The van der Waals surface area contributed by atoms with E-state index in [9.17, 15) is 9.59 Å². The van der Waals surface area contributed by atoms with E-state index < -0.39 is 12.1 Å². The van der Waals surface area contributed by atoms with Crippen LogP contribution >= 0.6 is 0 Å². The summed E-state index contributed by atoms with van der Waals surface area (Å²) < 4.78 is 11.2. The predicted octanol–water partition coefficient (Wildman–Crippen LogP) is 4.10. The SMILES string of the molecule is CCc1ccc2c(CC(=O)O[C@@H](C(=O)NC3CC3)c3ccccc3)coc2c1. The Morgan fingerprint density at radius 2 is 1.96 bits per heavy atom. The molecule has 1 atom stereocenters. The highest BCUT2D eigenvalue weighted by Gasteiger charge is 2.31. The first-order chi connectivity index (χ1) is 13.6. The van der Waals surface area contributed by atoms with Crippen molar-refractivity contribution in [2.45, 2.75) is 44.8 Å². The number of hydrogen-bond donors (Lipinski definition) is 1. The molecule has 5 nitrogen and oxygen atoms in total. The third kappa shape index (κ3) is 4.09. The monoisotopic (exact) mass is 377 g/mol. The van der Waals surface area contributed by atoms with Crippen LogP contribution in [0.25, 0.3) is 11.0 Å². The number of fused-ring (bicyclic) bond motifs is 1. The molecule has 4 rings (SSSR count). The van der Waals surface area contributed by atoms with Crippen molar-refractivity contribution < 1.29 is 18.7 Å². The first-order valence-corrected chi connectivity index (χ1v) is 9.68. The molecule has 1 N–H and O–H groups in total. The number of amides is 1. The summed E-state index contributed by atoms with van der Waals surface area (Å²) in [5, 5.41) is 3.82. The van der Waals surface area contributed by atoms with Crippen LogP contribution in [0.1, 0.15) is 42.6 Å². The lowest BCUT2D eigenvalue weighted by Gasteiger charge is -2.18. The molecule has 0 radical (unpaired) electrons. The molecule has 1 aliphatic carbocycles. The highest BCUT2D eigenvalue weighted by atomic mass is 16.5. The van der Waals surface area contributed by atoms with Gasteiger partial charge in [-0.1, -0.05) is 49.4 Å². The van der Waals surface area contributed by atoms with E-state index in [1.54, 1.807) is 18.4 Å². The summed E-state index contributed by atoms with van der Waals surface area (Å²) in [6.45, 7) is 2.08. The molecule has 0 aliphatic heterocycles. The van der Waals surface area contributed by atoms with Crippen LogP contribution in [0.5, 0.6) is 0 Å². The van der Waals surface area contributed by atoms with Gasteiger partial charge in [0, 0.05) is 22.6 Å². The summed E-state index contributed by atoms with van der Waals surface area (Å²) in [4.78, 5) is 25.2.